The molecule has 0 saturated carbocycles. The van der Waals surface area contributed by atoms with Crippen LogP contribution in [0.25, 0.3) is 0 Å². The van der Waals surface area contributed by atoms with Gasteiger partial charge in [0.25, 0.3) is 6.47 Å². The first-order valence-electron chi connectivity index (χ1n) is 17.7. The van der Waals surface area contributed by atoms with E-state index in [0.29, 0.717) is 25.9 Å². The Bertz CT molecular complexity index is 1790. The third-order valence-corrected chi connectivity index (χ3v) is 10.2. The number of carbonyl (C=O) groups excluding carboxylic acids is 2. The van der Waals surface area contributed by atoms with Gasteiger partial charge in [0.2, 0.25) is 0 Å². The van der Waals surface area contributed by atoms with E-state index in [1.165, 1.54) is 15.5 Å². The number of alkyl carbamates (subject to hydrolysis) is 1. The van der Waals surface area contributed by atoms with Gasteiger partial charge in [-0.2, -0.15) is 0 Å². The quantitative estimate of drug-likeness (QED) is 0.0657. The van der Waals surface area contributed by atoms with Crippen LogP contribution in [0.4, 0.5) is 4.79 Å². The number of nitrogens with zero attached hydrogens (tertiary/aromatic N) is 2. The normalized spacial score (nSPS) is 11.7. The molecule has 5 N–H and O–H groups in total. The number of nitrogens with two attached hydrogens (primary N) is 1. The molecule has 0 radical (unpaired) electrons. The van der Waals surface area contributed by atoms with Gasteiger partial charge in [0.1, 0.15) is 6.23 Å². The molecule has 4 aromatic carbocycles. The van der Waals surface area contributed by atoms with Gasteiger partial charge in [0, 0.05) is 6.42 Å². The summed E-state index contributed by atoms with van der Waals surface area (Å²) in [7, 11) is -0.710. The summed E-state index contributed by atoms with van der Waals surface area (Å²) in [6.07, 6.45) is 2.02. The van der Waals surface area contributed by atoms with Crippen molar-refractivity contribution >= 4 is 54.1 Å². The number of hydrogen-bond donors (Lipinski definition) is 4. The van der Waals surface area contributed by atoms with E-state index in [0.717, 1.165) is 33.1 Å². The van der Waals surface area contributed by atoms with Crippen LogP contribution in [0.5, 0.6) is 0 Å². The Morgan fingerprint density at radius 3 is 1.83 bits per heavy atom. The van der Waals surface area contributed by atoms with Gasteiger partial charge in [-0.25, -0.2) is 0 Å². The molecule has 10 nitrogen and oxygen atoms in total. The third kappa shape index (κ3) is 18.7. The average molecular weight is 862 g/mol. The molecule has 284 valence electrons. The van der Waals surface area contributed by atoms with Gasteiger partial charge in [-0.05, 0) is 12.4 Å². The molecule has 0 spiro atoms. The van der Waals surface area contributed by atoms with E-state index in [1.54, 1.807) is 6.82 Å². The summed E-state index contributed by atoms with van der Waals surface area (Å²) in [5, 5.41) is 23.7. The molecular formula is C41H50BN5O5Se2. The second-order valence-corrected chi connectivity index (χ2v) is 16.7. The summed E-state index contributed by atoms with van der Waals surface area (Å²) >= 11 is 2.97. The van der Waals surface area contributed by atoms with Crippen molar-refractivity contribution in [1.82, 2.24) is 20.7 Å². The van der Waals surface area contributed by atoms with Crippen LogP contribution in [-0.2, 0) is 40.0 Å². The van der Waals surface area contributed by atoms with Crippen molar-refractivity contribution in [2.24, 2.45) is 5.73 Å². The van der Waals surface area contributed by atoms with Gasteiger partial charge >= 0.3 is 253 Å². The fraction of sp³-hybridized carbons (Fsp3) is 0.293. The number of hydrogen-bond acceptors (Lipinski definition) is 9. The Balaban J connectivity index is 0.000000251. The van der Waals surface area contributed by atoms with Crippen LogP contribution in [-0.4, -0.2) is 87.7 Å². The minimum absolute atomic E-state index is 0.00427. The Hall–Kier alpha value is -4.19. The van der Waals surface area contributed by atoms with Crippen molar-refractivity contribution in [3.63, 3.8) is 0 Å². The zero-order chi connectivity index (χ0) is 39.2. The first-order valence-corrected chi connectivity index (χ1v) is 20.2. The molecular weight excluding hydrogens is 811 g/mol. The molecule has 0 saturated heterocycles. The van der Waals surface area contributed by atoms with Gasteiger partial charge in [-0.15, -0.1) is 0 Å². The molecule has 0 aliphatic carbocycles. The van der Waals surface area contributed by atoms with Crippen molar-refractivity contribution in [3.8, 4) is 0 Å². The fourth-order valence-electron chi connectivity index (χ4n) is 4.96. The van der Waals surface area contributed by atoms with E-state index >= 15 is 0 Å². The first kappa shape index (κ1) is 44.2. The van der Waals surface area contributed by atoms with E-state index in [1.807, 2.05) is 106 Å². The van der Waals surface area contributed by atoms with Crippen LogP contribution in [0.2, 0.25) is 6.82 Å². The van der Waals surface area contributed by atoms with E-state index in [9.17, 15) is 9.59 Å². The summed E-state index contributed by atoms with van der Waals surface area (Å²) in [6, 6.07) is 40.0. The van der Waals surface area contributed by atoms with Crippen molar-refractivity contribution < 1.29 is 24.1 Å². The summed E-state index contributed by atoms with van der Waals surface area (Å²) in [4.78, 5) is 22.6. The van der Waals surface area contributed by atoms with Crippen molar-refractivity contribution in [1.29, 1.82) is 0 Å². The zero-order valence-corrected chi connectivity index (χ0v) is 34.7. The molecule has 0 aliphatic heterocycles. The van der Waals surface area contributed by atoms with Crippen LogP contribution in [0.1, 0.15) is 58.2 Å². The van der Waals surface area contributed by atoms with Crippen LogP contribution in [0.15, 0.2) is 121 Å². The fourth-order valence-corrected chi connectivity index (χ4v) is 7.25. The average Bonchev–Trinajstić information content (AvgIpc) is 3.61. The molecule has 1 amide bonds. The molecule has 0 aliphatic rings. The van der Waals surface area contributed by atoms with Crippen molar-refractivity contribution in [2.75, 3.05) is 6.54 Å². The summed E-state index contributed by atoms with van der Waals surface area (Å²) in [6.45, 7) is 8.16. The van der Waals surface area contributed by atoms with Gasteiger partial charge in [0.05, 0.1) is 0 Å². The second kappa shape index (κ2) is 24.3. The molecule has 54 heavy (non-hydrogen) atoms. The first-order chi connectivity index (χ1) is 25.9. The van der Waals surface area contributed by atoms with Crippen LogP contribution in [0.3, 0.4) is 0 Å². The van der Waals surface area contributed by atoms with Gasteiger partial charge < -0.3 is 9.76 Å². The van der Waals surface area contributed by atoms with E-state index in [4.69, 9.17) is 20.2 Å². The minimum atomic E-state index is -0.710. The summed E-state index contributed by atoms with van der Waals surface area (Å²) in [5.74, 6) is 0. The molecule has 1 heterocycles. The Morgan fingerprint density at radius 1 is 0.852 bits per heavy atom. The van der Waals surface area contributed by atoms with Crippen molar-refractivity contribution in [2.45, 2.75) is 71.1 Å². The number of benzene rings is 4. The zero-order valence-electron chi connectivity index (χ0n) is 31.3. The molecule has 2 atom stereocenters. The monoisotopic (exact) mass is 863 g/mol. The van der Waals surface area contributed by atoms with Crippen LogP contribution >= 0.6 is 0 Å². The standard InChI is InChI=1S/C22H25N3O2Se.C10H14BNO3.C9H11NSe/c1-22(2,3)27-21(26)23-18(14-16-10-6-4-7-11-16)20-25-24-19(28-20)15-17-12-8-5-9-13-17;1-11(14)12-10(15-8-13)7-9-5-3-2-4-6-9;10-7-9(11)6-8-4-2-1-3-5-8/h4-13,18H,14-15H2,1-3H3,(H,23,26);2-6,8,10,12,14H,7H2,1H3;1-5H,6-7,10H2. The number of aromatic nitrogens is 2. The molecule has 0 bridgehead atoms. The Morgan fingerprint density at radius 2 is 1.35 bits per heavy atom. The molecule has 1 aromatic heterocycles. The van der Waals surface area contributed by atoms with E-state index < -0.39 is 25.0 Å². The molecule has 13 heteroatoms. The molecule has 5 aromatic rings. The number of rotatable bonds is 15. The second-order valence-electron chi connectivity index (χ2n) is 13.2. The molecule has 2 unspecified atom stereocenters. The van der Waals surface area contributed by atoms with Gasteiger partial charge in [0.15, 0.2) is 0 Å². The topological polar surface area (TPSA) is 149 Å². The van der Waals surface area contributed by atoms with Crippen LogP contribution in [0, 0.1) is 0 Å². The van der Waals surface area contributed by atoms with Gasteiger partial charge in [-0.3, -0.25) is 10.0 Å². The summed E-state index contributed by atoms with van der Waals surface area (Å²) in [5.41, 5.74) is 9.62. The SMILES string of the molecule is CB(O)NC(Cc1ccccc1)OC=O.CC(C)(C)OC(=O)NC(Cc1ccccc1)c1nnc(Cc2ccccc2)[se]1.NCC(=[Se])Cc1ccccc1. The number of carbonyl (C=O) groups is 2. The molecule has 5 rings (SSSR count). The maximum atomic E-state index is 12.4. The summed E-state index contributed by atoms with van der Waals surface area (Å²) < 4.78 is 13.5. The predicted molar refractivity (Wildman–Crippen MR) is 218 cm³/mol. The van der Waals surface area contributed by atoms with E-state index in [2.05, 4.69) is 72.7 Å². The van der Waals surface area contributed by atoms with Crippen molar-refractivity contribution in [3.05, 3.63) is 153 Å². The number of amides is 1. The Labute approximate surface area is 333 Å². The third-order valence-electron chi connectivity index (χ3n) is 7.33. The number of ether oxygens (including phenoxy) is 2. The number of nitrogens with one attached hydrogen (secondary N) is 2. The predicted octanol–water partition coefficient (Wildman–Crippen LogP) is 4.89. The van der Waals surface area contributed by atoms with Crippen LogP contribution < -0.4 is 16.3 Å². The van der Waals surface area contributed by atoms with Gasteiger partial charge in [-0.1, -0.05) is 30.3 Å². The van der Waals surface area contributed by atoms with E-state index in [-0.39, 0.29) is 20.5 Å². The molecule has 0 fully saturated rings. The maximum absolute atomic E-state index is 12.4. The Kier molecular flexibility index (Phi) is 19.9.